The van der Waals surface area contributed by atoms with Crippen LogP contribution in [0, 0.1) is 5.92 Å². The summed E-state index contributed by atoms with van der Waals surface area (Å²) in [5, 5.41) is 2.87. The van der Waals surface area contributed by atoms with Gasteiger partial charge in [-0.25, -0.2) is 0 Å². The summed E-state index contributed by atoms with van der Waals surface area (Å²) in [4.78, 5) is 25.4. The first-order valence-corrected chi connectivity index (χ1v) is 7.41. The quantitative estimate of drug-likeness (QED) is 0.805. The third-order valence-corrected chi connectivity index (χ3v) is 3.88. The number of amides is 1. The number of ketones is 1. The second-order valence-corrected chi connectivity index (χ2v) is 5.66. The Morgan fingerprint density at radius 1 is 1.33 bits per heavy atom. The molecule has 0 radical (unpaired) electrons. The van der Waals surface area contributed by atoms with Gasteiger partial charge in [0.05, 0.1) is 6.54 Å². The lowest BCUT2D eigenvalue weighted by Gasteiger charge is -2.31. The van der Waals surface area contributed by atoms with Crippen molar-refractivity contribution in [3.8, 4) is 0 Å². The van der Waals surface area contributed by atoms with Crippen molar-refractivity contribution >= 4 is 17.4 Å². The van der Waals surface area contributed by atoms with Gasteiger partial charge in [-0.05, 0) is 63.0 Å². The lowest BCUT2D eigenvalue weighted by atomic mass is 9.98. The number of hydrogen-bond acceptors (Lipinski definition) is 4. The van der Waals surface area contributed by atoms with E-state index >= 15 is 0 Å². The average molecular weight is 289 g/mol. The second kappa shape index (κ2) is 7.33. The second-order valence-electron chi connectivity index (χ2n) is 5.66. The number of nitrogens with zero attached hydrogens (tertiary/aromatic N) is 1. The molecule has 1 aliphatic rings. The van der Waals surface area contributed by atoms with E-state index in [4.69, 9.17) is 5.73 Å². The van der Waals surface area contributed by atoms with Crippen LogP contribution in [0.1, 0.15) is 30.1 Å². The van der Waals surface area contributed by atoms with E-state index in [9.17, 15) is 9.59 Å². The number of anilines is 1. The zero-order chi connectivity index (χ0) is 15.2. The Labute approximate surface area is 125 Å². The van der Waals surface area contributed by atoms with Gasteiger partial charge in [-0.3, -0.25) is 14.5 Å². The van der Waals surface area contributed by atoms with Gasteiger partial charge in [0.1, 0.15) is 0 Å². The molecule has 1 saturated heterocycles. The van der Waals surface area contributed by atoms with Gasteiger partial charge in [-0.15, -0.1) is 0 Å². The predicted molar refractivity (Wildman–Crippen MR) is 83.3 cm³/mol. The molecule has 1 aromatic rings. The topological polar surface area (TPSA) is 75.4 Å². The summed E-state index contributed by atoms with van der Waals surface area (Å²) in [5.74, 6) is 0.499. The number of piperidine rings is 1. The molecule has 1 amide bonds. The molecule has 2 rings (SSSR count). The summed E-state index contributed by atoms with van der Waals surface area (Å²) in [5.41, 5.74) is 7.07. The SMILES string of the molecule is CC(=O)c1ccc(NC(=O)CN2CCCC(CN)C2)cc1. The van der Waals surface area contributed by atoms with Gasteiger partial charge in [0.15, 0.2) is 5.78 Å². The van der Waals surface area contributed by atoms with Gasteiger partial charge >= 0.3 is 0 Å². The predicted octanol–water partition coefficient (Wildman–Crippen LogP) is 1.50. The van der Waals surface area contributed by atoms with E-state index in [0.29, 0.717) is 24.6 Å². The van der Waals surface area contributed by atoms with Gasteiger partial charge in [0, 0.05) is 17.8 Å². The van der Waals surface area contributed by atoms with Crippen LogP contribution < -0.4 is 11.1 Å². The Hall–Kier alpha value is -1.72. The molecule has 0 bridgehead atoms. The minimum absolute atomic E-state index is 0.0222. The standard InChI is InChI=1S/C16H23N3O2/c1-12(20)14-4-6-15(7-5-14)18-16(21)11-19-8-2-3-13(9-17)10-19/h4-7,13H,2-3,8-11,17H2,1H3,(H,18,21). The highest BCUT2D eigenvalue weighted by molar-refractivity contribution is 5.96. The Morgan fingerprint density at radius 2 is 2.05 bits per heavy atom. The van der Waals surface area contributed by atoms with E-state index < -0.39 is 0 Å². The summed E-state index contributed by atoms with van der Waals surface area (Å²) in [6.45, 7) is 4.45. The molecular weight excluding hydrogens is 266 g/mol. The number of rotatable bonds is 5. The molecule has 5 heteroatoms. The van der Waals surface area contributed by atoms with Crippen LogP contribution in [0.4, 0.5) is 5.69 Å². The van der Waals surface area contributed by atoms with Gasteiger partial charge in [0.25, 0.3) is 0 Å². The molecule has 1 atom stereocenters. The van der Waals surface area contributed by atoms with E-state index in [1.165, 1.54) is 6.92 Å². The maximum absolute atomic E-state index is 12.0. The number of likely N-dealkylation sites (tertiary alicyclic amines) is 1. The van der Waals surface area contributed by atoms with E-state index in [1.54, 1.807) is 24.3 Å². The fourth-order valence-corrected chi connectivity index (χ4v) is 2.68. The molecule has 0 aliphatic carbocycles. The average Bonchev–Trinajstić information content (AvgIpc) is 2.47. The molecule has 5 nitrogen and oxygen atoms in total. The molecular formula is C16H23N3O2. The molecule has 0 saturated carbocycles. The third-order valence-electron chi connectivity index (χ3n) is 3.88. The number of benzene rings is 1. The van der Waals surface area contributed by atoms with Gasteiger partial charge in [0.2, 0.25) is 5.91 Å². The Balaban J connectivity index is 1.85. The van der Waals surface area contributed by atoms with E-state index in [-0.39, 0.29) is 11.7 Å². The fourth-order valence-electron chi connectivity index (χ4n) is 2.68. The van der Waals surface area contributed by atoms with Crippen molar-refractivity contribution in [2.24, 2.45) is 11.7 Å². The molecule has 1 aliphatic heterocycles. The Kier molecular flexibility index (Phi) is 5.47. The minimum Gasteiger partial charge on any atom is -0.330 e. The normalized spacial score (nSPS) is 19.2. The molecule has 1 aromatic carbocycles. The molecule has 0 spiro atoms. The molecule has 1 fully saturated rings. The summed E-state index contributed by atoms with van der Waals surface area (Å²) in [6, 6.07) is 6.97. The number of nitrogens with two attached hydrogens (primary N) is 1. The van der Waals surface area contributed by atoms with E-state index in [2.05, 4.69) is 10.2 Å². The van der Waals surface area contributed by atoms with Crippen LogP contribution in [0.3, 0.4) is 0 Å². The first-order chi connectivity index (χ1) is 10.1. The summed E-state index contributed by atoms with van der Waals surface area (Å²) in [7, 11) is 0. The first-order valence-electron chi connectivity index (χ1n) is 7.41. The molecule has 114 valence electrons. The number of carbonyl (C=O) groups excluding carboxylic acids is 2. The molecule has 1 unspecified atom stereocenters. The van der Waals surface area contributed by atoms with E-state index in [0.717, 1.165) is 31.6 Å². The minimum atomic E-state index is -0.0248. The summed E-state index contributed by atoms with van der Waals surface area (Å²) in [6.07, 6.45) is 2.25. The van der Waals surface area contributed by atoms with Gasteiger partial charge < -0.3 is 11.1 Å². The van der Waals surface area contributed by atoms with Crippen LogP contribution in [-0.2, 0) is 4.79 Å². The lowest BCUT2D eigenvalue weighted by Crippen LogP contribution is -2.42. The molecule has 0 aromatic heterocycles. The number of carbonyl (C=O) groups is 2. The van der Waals surface area contributed by atoms with Crippen molar-refractivity contribution < 1.29 is 9.59 Å². The van der Waals surface area contributed by atoms with Crippen molar-refractivity contribution in [3.63, 3.8) is 0 Å². The van der Waals surface area contributed by atoms with Crippen molar-refractivity contribution in [1.29, 1.82) is 0 Å². The number of nitrogens with one attached hydrogen (secondary N) is 1. The molecule has 1 heterocycles. The highest BCUT2D eigenvalue weighted by Gasteiger charge is 2.20. The molecule has 3 N–H and O–H groups in total. The van der Waals surface area contributed by atoms with Crippen molar-refractivity contribution in [3.05, 3.63) is 29.8 Å². The highest BCUT2D eigenvalue weighted by Crippen LogP contribution is 2.15. The van der Waals surface area contributed by atoms with Crippen LogP contribution in [-0.4, -0.2) is 42.8 Å². The Bertz CT molecular complexity index is 499. The van der Waals surface area contributed by atoms with Crippen molar-refractivity contribution in [2.45, 2.75) is 19.8 Å². The lowest BCUT2D eigenvalue weighted by molar-refractivity contribution is -0.117. The van der Waals surface area contributed by atoms with Crippen LogP contribution in [0.2, 0.25) is 0 Å². The summed E-state index contributed by atoms with van der Waals surface area (Å²) < 4.78 is 0. The number of hydrogen-bond donors (Lipinski definition) is 2. The largest absolute Gasteiger partial charge is 0.330 e. The van der Waals surface area contributed by atoms with Crippen molar-refractivity contribution in [1.82, 2.24) is 4.90 Å². The van der Waals surface area contributed by atoms with E-state index in [1.807, 2.05) is 0 Å². The Morgan fingerprint density at radius 3 is 2.67 bits per heavy atom. The van der Waals surface area contributed by atoms with Crippen molar-refractivity contribution in [2.75, 3.05) is 31.5 Å². The maximum atomic E-state index is 12.0. The number of Topliss-reactive ketones (excluding diaryl/α,β-unsaturated/α-hetero) is 1. The zero-order valence-electron chi connectivity index (χ0n) is 12.5. The van der Waals surface area contributed by atoms with Gasteiger partial charge in [-0.2, -0.15) is 0 Å². The van der Waals surface area contributed by atoms with Crippen LogP contribution in [0.5, 0.6) is 0 Å². The van der Waals surface area contributed by atoms with Crippen LogP contribution in [0.25, 0.3) is 0 Å². The fraction of sp³-hybridized carbons (Fsp3) is 0.500. The maximum Gasteiger partial charge on any atom is 0.238 e. The van der Waals surface area contributed by atoms with Crippen LogP contribution in [0.15, 0.2) is 24.3 Å². The molecule has 21 heavy (non-hydrogen) atoms. The van der Waals surface area contributed by atoms with Crippen LogP contribution >= 0.6 is 0 Å². The highest BCUT2D eigenvalue weighted by atomic mass is 16.2. The monoisotopic (exact) mass is 289 g/mol. The first kappa shape index (κ1) is 15.7. The van der Waals surface area contributed by atoms with Gasteiger partial charge in [-0.1, -0.05) is 0 Å². The zero-order valence-corrected chi connectivity index (χ0v) is 12.5. The summed E-state index contributed by atoms with van der Waals surface area (Å²) >= 11 is 0. The smallest absolute Gasteiger partial charge is 0.238 e. The third kappa shape index (κ3) is 4.65.